The van der Waals surface area contributed by atoms with Gasteiger partial charge in [0.15, 0.2) is 0 Å². The summed E-state index contributed by atoms with van der Waals surface area (Å²) in [6.07, 6.45) is 4.11. The Morgan fingerprint density at radius 2 is 2.11 bits per heavy atom. The molecule has 0 aliphatic carbocycles. The van der Waals surface area contributed by atoms with Crippen molar-refractivity contribution < 1.29 is 9.72 Å². The van der Waals surface area contributed by atoms with Crippen LogP contribution in [0.2, 0.25) is 0 Å². The van der Waals surface area contributed by atoms with Crippen LogP contribution in [0.3, 0.4) is 0 Å². The van der Waals surface area contributed by atoms with Crippen molar-refractivity contribution in [1.82, 2.24) is 15.2 Å². The van der Waals surface area contributed by atoms with E-state index in [2.05, 4.69) is 20.5 Å². The molecule has 0 spiro atoms. The summed E-state index contributed by atoms with van der Waals surface area (Å²) in [7, 11) is 0. The van der Waals surface area contributed by atoms with Crippen LogP contribution in [0.5, 0.6) is 0 Å². The first kappa shape index (κ1) is 12.4. The average Bonchev–Trinajstić information content (AvgIpc) is 2.89. The molecule has 0 aliphatic heterocycles. The highest BCUT2D eigenvalue weighted by atomic mass is 16.6. The van der Waals surface area contributed by atoms with Crippen LogP contribution in [0, 0.1) is 10.1 Å². The zero-order valence-corrected chi connectivity index (χ0v) is 9.61. The normalized spacial score (nSPS) is 10.5. The van der Waals surface area contributed by atoms with Gasteiger partial charge in [-0.2, -0.15) is 10.1 Å². The topological polar surface area (TPSA) is 114 Å². The highest BCUT2D eigenvalue weighted by Gasteiger charge is 2.03. The van der Waals surface area contributed by atoms with Gasteiger partial charge in [0.1, 0.15) is 6.33 Å². The first-order valence-corrected chi connectivity index (χ1v) is 5.24. The summed E-state index contributed by atoms with van der Waals surface area (Å²) >= 11 is 0. The number of nitrogens with one attached hydrogen (secondary N) is 2. The van der Waals surface area contributed by atoms with E-state index >= 15 is 0 Å². The molecule has 19 heavy (non-hydrogen) atoms. The zero-order valence-electron chi connectivity index (χ0n) is 9.61. The summed E-state index contributed by atoms with van der Waals surface area (Å²) < 4.78 is 0. The molecule has 1 aromatic heterocycles. The van der Waals surface area contributed by atoms with E-state index in [9.17, 15) is 14.9 Å². The van der Waals surface area contributed by atoms with E-state index in [1.165, 1.54) is 30.6 Å². The fraction of sp³-hybridized carbons (Fsp3) is 0. The Morgan fingerprint density at radius 1 is 1.37 bits per heavy atom. The van der Waals surface area contributed by atoms with Gasteiger partial charge in [0.05, 0.1) is 4.92 Å². The van der Waals surface area contributed by atoms with Gasteiger partial charge in [-0.05, 0) is 23.8 Å². The van der Waals surface area contributed by atoms with Crippen molar-refractivity contribution in [1.29, 1.82) is 0 Å². The van der Waals surface area contributed by atoms with E-state index in [4.69, 9.17) is 0 Å². The molecular formula is C11H9N5O3. The van der Waals surface area contributed by atoms with Gasteiger partial charge in [0, 0.05) is 18.2 Å². The number of amides is 1. The van der Waals surface area contributed by atoms with Crippen LogP contribution in [-0.2, 0) is 4.79 Å². The Hall–Kier alpha value is -3.03. The molecule has 0 unspecified atom stereocenters. The van der Waals surface area contributed by atoms with Crippen LogP contribution in [0.15, 0.2) is 36.7 Å². The molecule has 1 aromatic carbocycles. The quantitative estimate of drug-likeness (QED) is 0.489. The van der Waals surface area contributed by atoms with Crippen LogP contribution in [0.4, 0.5) is 11.6 Å². The highest BCUT2D eigenvalue weighted by molar-refractivity contribution is 6.00. The van der Waals surface area contributed by atoms with Crippen LogP contribution in [-0.4, -0.2) is 26.0 Å². The number of nitro groups is 1. The fourth-order valence-electron chi connectivity index (χ4n) is 1.30. The molecule has 2 rings (SSSR count). The number of anilines is 1. The van der Waals surface area contributed by atoms with Crippen LogP contribution < -0.4 is 5.32 Å². The van der Waals surface area contributed by atoms with Gasteiger partial charge in [0.2, 0.25) is 5.95 Å². The van der Waals surface area contributed by atoms with Gasteiger partial charge in [-0.3, -0.25) is 20.2 Å². The highest BCUT2D eigenvalue weighted by Crippen LogP contribution is 2.12. The molecule has 8 nitrogen and oxygen atoms in total. The zero-order chi connectivity index (χ0) is 13.7. The maximum Gasteiger partial charge on any atom is 0.269 e. The fourth-order valence-corrected chi connectivity index (χ4v) is 1.30. The molecule has 2 N–H and O–H groups in total. The molecule has 1 amide bonds. The van der Waals surface area contributed by atoms with Gasteiger partial charge >= 0.3 is 0 Å². The summed E-state index contributed by atoms with van der Waals surface area (Å²) in [4.78, 5) is 25.2. The summed E-state index contributed by atoms with van der Waals surface area (Å²) in [5.41, 5.74) is 0.682. The number of H-pyrrole nitrogens is 1. The molecule has 0 saturated carbocycles. The predicted octanol–water partition coefficient (Wildman–Crippen LogP) is 1.36. The average molecular weight is 259 g/mol. The van der Waals surface area contributed by atoms with E-state index in [1.807, 2.05) is 0 Å². The first-order valence-electron chi connectivity index (χ1n) is 5.24. The maximum absolute atomic E-state index is 11.5. The molecule has 0 fully saturated rings. The van der Waals surface area contributed by atoms with Crippen molar-refractivity contribution in [3.8, 4) is 0 Å². The molecule has 96 valence electrons. The lowest BCUT2D eigenvalue weighted by atomic mass is 10.2. The third kappa shape index (κ3) is 3.46. The number of hydrogen-bond acceptors (Lipinski definition) is 5. The van der Waals surface area contributed by atoms with E-state index < -0.39 is 4.92 Å². The Balaban J connectivity index is 1.98. The minimum Gasteiger partial charge on any atom is -0.291 e. The number of non-ortho nitro benzene ring substituents is 1. The third-order valence-corrected chi connectivity index (χ3v) is 2.19. The lowest BCUT2D eigenvalue weighted by molar-refractivity contribution is -0.384. The van der Waals surface area contributed by atoms with Crippen LogP contribution in [0.25, 0.3) is 6.08 Å². The third-order valence-electron chi connectivity index (χ3n) is 2.19. The molecule has 0 aliphatic rings. The van der Waals surface area contributed by atoms with E-state index in [0.29, 0.717) is 5.56 Å². The number of nitrogens with zero attached hydrogens (tertiary/aromatic N) is 3. The molecule has 2 aromatic rings. The predicted molar refractivity (Wildman–Crippen MR) is 67.1 cm³/mol. The Morgan fingerprint density at radius 3 is 2.68 bits per heavy atom. The summed E-state index contributed by atoms with van der Waals surface area (Å²) in [6.45, 7) is 0. The second kappa shape index (κ2) is 5.54. The lowest BCUT2D eigenvalue weighted by Crippen LogP contribution is -2.08. The number of aromatic amines is 1. The summed E-state index contributed by atoms with van der Waals surface area (Å²) in [5, 5.41) is 19.0. The Kier molecular flexibility index (Phi) is 3.62. The second-order valence-corrected chi connectivity index (χ2v) is 3.51. The largest absolute Gasteiger partial charge is 0.291 e. The molecule has 0 atom stereocenters. The SMILES string of the molecule is O=C(/C=C/c1ccc([N+](=O)[O-])cc1)Nc1ncn[nH]1. The van der Waals surface area contributed by atoms with Gasteiger partial charge in [0.25, 0.3) is 11.6 Å². The van der Waals surface area contributed by atoms with Crippen molar-refractivity contribution in [3.05, 3.63) is 52.3 Å². The molecule has 8 heteroatoms. The minimum absolute atomic E-state index is 0.00302. The molecular weight excluding hydrogens is 250 g/mol. The molecule has 0 saturated heterocycles. The van der Waals surface area contributed by atoms with Crippen molar-refractivity contribution in [3.63, 3.8) is 0 Å². The number of aromatic nitrogens is 3. The van der Waals surface area contributed by atoms with Gasteiger partial charge < -0.3 is 0 Å². The first-order chi connectivity index (χ1) is 9.15. The van der Waals surface area contributed by atoms with E-state index in [-0.39, 0.29) is 17.5 Å². The van der Waals surface area contributed by atoms with Crippen molar-refractivity contribution in [2.45, 2.75) is 0 Å². The number of nitro benzene ring substituents is 1. The Bertz CT molecular complexity index is 604. The number of carbonyl (C=O) groups excluding carboxylic acids is 1. The van der Waals surface area contributed by atoms with Crippen molar-refractivity contribution >= 4 is 23.6 Å². The maximum atomic E-state index is 11.5. The van der Waals surface area contributed by atoms with Crippen LogP contribution in [0.1, 0.15) is 5.56 Å². The number of rotatable bonds is 4. The number of hydrogen-bond donors (Lipinski definition) is 2. The minimum atomic E-state index is -0.482. The van der Waals surface area contributed by atoms with E-state index in [0.717, 1.165) is 0 Å². The van der Waals surface area contributed by atoms with Gasteiger partial charge in [-0.25, -0.2) is 5.10 Å². The number of benzene rings is 1. The number of carbonyl (C=O) groups is 1. The molecule has 1 heterocycles. The lowest BCUT2D eigenvalue weighted by Gasteiger charge is -1.96. The van der Waals surface area contributed by atoms with E-state index in [1.54, 1.807) is 12.1 Å². The molecule has 0 radical (unpaired) electrons. The van der Waals surface area contributed by atoms with Crippen molar-refractivity contribution in [2.75, 3.05) is 5.32 Å². The van der Waals surface area contributed by atoms with Gasteiger partial charge in [-0.1, -0.05) is 0 Å². The second-order valence-electron chi connectivity index (χ2n) is 3.51. The summed E-state index contributed by atoms with van der Waals surface area (Å²) in [5.74, 6) is -0.131. The monoisotopic (exact) mass is 259 g/mol. The summed E-state index contributed by atoms with van der Waals surface area (Å²) in [6, 6.07) is 5.84. The smallest absolute Gasteiger partial charge is 0.269 e. The van der Waals surface area contributed by atoms with Crippen LogP contribution >= 0.6 is 0 Å². The Labute approximate surface area is 107 Å². The standard InChI is InChI=1S/C11H9N5O3/c17-10(14-11-12-7-13-15-11)6-3-8-1-4-9(5-2-8)16(18)19/h1-7H,(H2,12,13,14,15,17)/b6-3+. The van der Waals surface area contributed by atoms with Crippen molar-refractivity contribution in [2.24, 2.45) is 0 Å². The molecule has 0 bridgehead atoms. The van der Waals surface area contributed by atoms with Gasteiger partial charge in [-0.15, -0.1) is 0 Å².